The zero-order valence-corrected chi connectivity index (χ0v) is 19.6. The Hall–Kier alpha value is -0.290. The maximum absolute atomic E-state index is 11.5. The Kier molecular flexibility index (Phi) is 16.3. The second kappa shape index (κ2) is 17.8. The molecule has 0 aliphatic carbocycles. The van der Waals surface area contributed by atoms with Gasteiger partial charge in [-0.05, 0) is 22.4 Å². The fraction of sp³-hybridized carbons (Fsp3) is 0.818. The molecule has 0 aliphatic rings. The fourth-order valence-corrected chi connectivity index (χ4v) is 4.29. The van der Waals surface area contributed by atoms with E-state index in [1.54, 1.807) is 18.0 Å². The molecule has 0 unspecified atom stereocenters. The third-order valence-electron chi connectivity index (χ3n) is 4.97. The number of nitrogens with one attached hydrogen (secondary N) is 1. The molecular formula is C22H39BrN2OS. The SMILES string of the molecule is CCCCCCCCCCCCCCCCCCSc1ncc(Br)c(=O)[nH]1. The largest absolute Gasteiger partial charge is 0.301 e. The van der Waals surface area contributed by atoms with Crippen LogP contribution < -0.4 is 5.56 Å². The molecule has 27 heavy (non-hydrogen) atoms. The Morgan fingerprint density at radius 2 is 1.26 bits per heavy atom. The molecule has 1 N–H and O–H groups in total. The van der Waals surface area contributed by atoms with Crippen LogP contribution in [0.1, 0.15) is 110 Å². The number of aromatic nitrogens is 2. The standard InChI is InChI=1S/C22H39BrN2OS/c1-2-3-4-5-6-7-8-9-10-11-12-13-14-15-16-17-18-27-22-24-19-20(23)21(26)25-22/h19H,2-18H2,1H3,(H,24,25,26). The van der Waals surface area contributed by atoms with Gasteiger partial charge in [0.05, 0.1) is 0 Å². The normalized spacial score (nSPS) is 11.2. The minimum Gasteiger partial charge on any atom is -0.301 e. The van der Waals surface area contributed by atoms with Crippen LogP contribution in [0.25, 0.3) is 0 Å². The minimum atomic E-state index is -0.0977. The molecule has 1 aromatic heterocycles. The molecule has 0 bridgehead atoms. The van der Waals surface area contributed by atoms with Gasteiger partial charge in [-0.15, -0.1) is 0 Å². The summed E-state index contributed by atoms with van der Waals surface area (Å²) in [6.07, 6.45) is 23.9. The Labute approximate surface area is 179 Å². The highest BCUT2D eigenvalue weighted by molar-refractivity contribution is 9.10. The van der Waals surface area contributed by atoms with Crippen molar-refractivity contribution in [3.63, 3.8) is 0 Å². The first-order valence-corrected chi connectivity index (χ1v) is 12.9. The summed E-state index contributed by atoms with van der Waals surface area (Å²) in [5.74, 6) is 1.03. The van der Waals surface area contributed by atoms with E-state index in [4.69, 9.17) is 0 Å². The molecule has 0 fully saturated rings. The van der Waals surface area contributed by atoms with Crippen molar-refractivity contribution >= 4 is 27.7 Å². The van der Waals surface area contributed by atoms with Crippen molar-refractivity contribution in [1.82, 2.24) is 9.97 Å². The molecule has 156 valence electrons. The Morgan fingerprint density at radius 3 is 1.70 bits per heavy atom. The summed E-state index contributed by atoms with van der Waals surface area (Å²) in [7, 11) is 0. The molecule has 0 atom stereocenters. The molecule has 0 aliphatic heterocycles. The van der Waals surface area contributed by atoms with Gasteiger partial charge in [0.25, 0.3) is 5.56 Å². The van der Waals surface area contributed by atoms with Gasteiger partial charge in [-0.3, -0.25) is 4.79 Å². The van der Waals surface area contributed by atoms with Crippen LogP contribution in [-0.2, 0) is 0 Å². The topological polar surface area (TPSA) is 45.8 Å². The van der Waals surface area contributed by atoms with E-state index in [0.717, 1.165) is 10.9 Å². The predicted octanol–water partition coefficient (Wildman–Crippen LogP) is 7.89. The van der Waals surface area contributed by atoms with Gasteiger partial charge in [0, 0.05) is 11.9 Å². The monoisotopic (exact) mass is 458 g/mol. The summed E-state index contributed by atoms with van der Waals surface area (Å²) in [6.45, 7) is 2.28. The summed E-state index contributed by atoms with van der Waals surface area (Å²) in [5, 5.41) is 0.726. The highest BCUT2D eigenvalue weighted by Gasteiger charge is 2.00. The zero-order chi connectivity index (χ0) is 19.6. The molecule has 1 rings (SSSR count). The van der Waals surface area contributed by atoms with Crippen molar-refractivity contribution in [3.05, 3.63) is 21.0 Å². The highest BCUT2D eigenvalue weighted by Crippen LogP contribution is 2.16. The third kappa shape index (κ3) is 14.4. The molecular weight excluding hydrogens is 420 g/mol. The number of hydrogen-bond acceptors (Lipinski definition) is 3. The number of H-pyrrole nitrogens is 1. The van der Waals surface area contributed by atoms with Gasteiger partial charge in [0.2, 0.25) is 0 Å². The molecule has 0 spiro atoms. The number of aromatic amines is 1. The summed E-state index contributed by atoms with van der Waals surface area (Å²) in [6, 6.07) is 0. The molecule has 0 amide bonds. The number of nitrogens with zero attached hydrogens (tertiary/aromatic N) is 1. The van der Waals surface area contributed by atoms with Crippen LogP contribution >= 0.6 is 27.7 Å². The van der Waals surface area contributed by atoms with E-state index in [9.17, 15) is 4.79 Å². The van der Waals surface area contributed by atoms with Gasteiger partial charge in [-0.1, -0.05) is 115 Å². The number of unbranched alkanes of at least 4 members (excludes halogenated alkanes) is 15. The Bertz CT molecular complexity index is 521. The van der Waals surface area contributed by atoms with Crippen molar-refractivity contribution in [2.75, 3.05) is 5.75 Å². The Balaban J connectivity index is 1.78. The van der Waals surface area contributed by atoms with Crippen LogP contribution in [0, 0.1) is 0 Å². The first-order chi connectivity index (χ1) is 13.2. The second-order valence-electron chi connectivity index (χ2n) is 7.52. The van der Waals surface area contributed by atoms with Gasteiger partial charge in [0.1, 0.15) is 4.47 Å². The summed E-state index contributed by atoms with van der Waals surface area (Å²) >= 11 is 4.81. The number of halogens is 1. The van der Waals surface area contributed by atoms with E-state index < -0.39 is 0 Å². The lowest BCUT2D eigenvalue weighted by molar-refractivity contribution is 0.531. The van der Waals surface area contributed by atoms with Crippen LogP contribution in [0.4, 0.5) is 0 Å². The summed E-state index contributed by atoms with van der Waals surface area (Å²) in [5.41, 5.74) is -0.0977. The van der Waals surface area contributed by atoms with Gasteiger partial charge >= 0.3 is 0 Å². The molecule has 5 heteroatoms. The van der Waals surface area contributed by atoms with Crippen molar-refractivity contribution in [1.29, 1.82) is 0 Å². The predicted molar refractivity (Wildman–Crippen MR) is 123 cm³/mol. The lowest BCUT2D eigenvalue weighted by atomic mass is 10.0. The maximum atomic E-state index is 11.5. The Morgan fingerprint density at radius 1 is 0.815 bits per heavy atom. The van der Waals surface area contributed by atoms with E-state index in [-0.39, 0.29) is 5.56 Å². The average molecular weight is 460 g/mol. The van der Waals surface area contributed by atoms with Gasteiger partial charge in [-0.25, -0.2) is 4.98 Å². The minimum absolute atomic E-state index is 0.0977. The van der Waals surface area contributed by atoms with Crippen LogP contribution in [0.15, 0.2) is 20.6 Å². The van der Waals surface area contributed by atoms with E-state index in [1.165, 1.54) is 103 Å². The number of hydrogen-bond donors (Lipinski definition) is 1. The molecule has 1 heterocycles. The lowest BCUT2D eigenvalue weighted by Gasteiger charge is -2.04. The zero-order valence-electron chi connectivity index (χ0n) is 17.2. The summed E-state index contributed by atoms with van der Waals surface area (Å²) in [4.78, 5) is 18.5. The summed E-state index contributed by atoms with van der Waals surface area (Å²) < 4.78 is 0.495. The first-order valence-electron chi connectivity index (χ1n) is 11.1. The second-order valence-corrected chi connectivity index (χ2v) is 9.46. The van der Waals surface area contributed by atoms with Gasteiger partial charge in [0.15, 0.2) is 5.16 Å². The molecule has 0 radical (unpaired) electrons. The highest BCUT2D eigenvalue weighted by atomic mass is 79.9. The quantitative estimate of drug-likeness (QED) is 0.138. The van der Waals surface area contributed by atoms with Crippen molar-refractivity contribution in [2.24, 2.45) is 0 Å². The van der Waals surface area contributed by atoms with Crippen molar-refractivity contribution < 1.29 is 0 Å². The van der Waals surface area contributed by atoms with Gasteiger partial charge in [-0.2, -0.15) is 0 Å². The van der Waals surface area contributed by atoms with Crippen molar-refractivity contribution in [3.8, 4) is 0 Å². The van der Waals surface area contributed by atoms with Gasteiger partial charge < -0.3 is 4.98 Å². The number of thioether (sulfide) groups is 1. The van der Waals surface area contributed by atoms with E-state index in [2.05, 4.69) is 32.8 Å². The first kappa shape index (κ1) is 24.7. The molecule has 3 nitrogen and oxygen atoms in total. The molecule has 1 aromatic rings. The lowest BCUT2D eigenvalue weighted by Crippen LogP contribution is -2.08. The van der Waals surface area contributed by atoms with Crippen LogP contribution in [0.2, 0.25) is 0 Å². The van der Waals surface area contributed by atoms with Crippen LogP contribution in [0.5, 0.6) is 0 Å². The fourth-order valence-electron chi connectivity index (χ4n) is 3.26. The average Bonchev–Trinajstić information content (AvgIpc) is 2.67. The third-order valence-corrected chi connectivity index (χ3v) is 6.51. The van der Waals surface area contributed by atoms with Crippen molar-refractivity contribution in [2.45, 2.75) is 115 Å². The molecule has 0 aromatic carbocycles. The molecule has 0 saturated carbocycles. The van der Waals surface area contributed by atoms with E-state index in [1.807, 2.05) is 0 Å². The number of rotatable bonds is 18. The smallest absolute Gasteiger partial charge is 0.265 e. The van der Waals surface area contributed by atoms with E-state index in [0.29, 0.717) is 4.47 Å². The van der Waals surface area contributed by atoms with Crippen LogP contribution in [-0.4, -0.2) is 15.7 Å². The van der Waals surface area contributed by atoms with Crippen LogP contribution in [0.3, 0.4) is 0 Å². The maximum Gasteiger partial charge on any atom is 0.265 e. The van der Waals surface area contributed by atoms with E-state index >= 15 is 0 Å². The molecule has 0 saturated heterocycles.